The Labute approximate surface area is 174 Å². The average Bonchev–Trinajstić information content (AvgIpc) is 3.08. The van der Waals surface area contributed by atoms with E-state index < -0.39 is 0 Å². The molecule has 1 heterocycles. The maximum absolute atomic E-state index is 5.99. The fourth-order valence-corrected chi connectivity index (χ4v) is 2.98. The number of hydrogen-bond acceptors (Lipinski definition) is 4. The van der Waals surface area contributed by atoms with Crippen molar-refractivity contribution in [1.82, 2.24) is 9.55 Å². The van der Waals surface area contributed by atoms with Crippen LogP contribution in [-0.2, 0) is 13.2 Å². The summed E-state index contributed by atoms with van der Waals surface area (Å²) in [5.41, 5.74) is 2.05. The van der Waals surface area contributed by atoms with Crippen molar-refractivity contribution in [3.05, 3.63) is 48.3 Å². The maximum atomic E-state index is 5.99. The first-order valence-electron chi connectivity index (χ1n) is 10.5. The van der Waals surface area contributed by atoms with Gasteiger partial charge in [-0.15, -0.1) is 0 Å². The fraction of sp³-hybridized carbons (Fsp3) is 0.458. The minimum Gasteiger partial charge on any atom is -0.497 e. The van der Waals surface area contributed by atoms with Crippen LogP contribution in [0.25, 0.3) is 11.0 Å². The Morgan fingerprint density at radius 1 is 0.966 bits per heavy atom. The molecule has 2 aromatic carbocycles. The molecule has 0 bridgehead atoms. The van der Waals surface area contributed by atoms with Crippen molar-refractivity contribution in [2.75, 3.05) is 13.7 Å². The molecule has 29 heavy (non-hydrogen) atoms. The summed E-state index contributed by atoms with van der Waals surface area (Å²) in [5.74, 6) is 3.84. The van der Waals surface area contributed by atoms with Gasteiger partial charge in [0.2, 0.25) is 0 Å². The van der Waals surface area contributed by atoms with Crippen molar-refractivity contribution < 1.29 is 14.2 Å². The van der Waals surface area contributed by atoms with Crippen molar-refractivity contribution in [2.45, 2.75) is 54.2 Å². The molecule has 0 amide bonds. The molecule has 5 nitrogen and oxygen atoms in total. The second-order valence-electron chi connectivity index (χ2n) is 7.00. The lowest BCUT2D eigenvalue weighted by Gasteiger charge is -2.13. The molecular weight excluding hydrogens is 364 g/mol. The van der Waals surface area contributed by atoms with E-state index in [1.807, 2.05) is 50.2 Å². The highest BCUT2D eigenvalue weighted by Crippen LogP contribution is 2.25. The molecule has 0 saturated heterocycles. The van der Waals surface area contributed by atoms with E-state index in [4.69, 9.17) is 19.2 Å². The number of nitrogens with zero attached hydrogens (tertiary/aromatic N) is 2. The third-order valence-electron chi connectivity index (χ3n) is 4.23. The lowest BCUT2D eigenvalue weighted by atomic mass is 10.2. The number of fused-ring (bicyclic) bond motifs is 1. The lowest BCUT2D eigenvalue weighted by Crippen LogP contribution is -2.11. The Balaban J connectivity index is 0.00000145. The molecule has 0 saturated carbocycles. The zero-order valence-electron chi connectivity index (χ0n) is 18.6. The van der Waals surface area contributed by atoms with Gasteiger partial charge in [0, 0.05) is 18.7 Å². The zero-order valence-corrected chi connectivity index (χ0v) is 18.6. The van der Waals surface area contributed by atoms with Crippen LogP contribution in [0.4, 0.5) is 0 Å². The molecule has 0 atom stereocenters. The molecule has 0 radical (unpaired) electrons. The molecule has 3 rings (SSSR count). The van der Waals surface area contributed by atoms with Crippen LogP contribution in [-0.4, -0.2) is 23.3 Å². The van der Waals surface area contributed by atoms with Crippen LogP contribution in [0, 0.1) is 5.92 Å². The second-order valence-corrected chi connectivity index (χ2v) is 7.00. The molecule has 0 spiro atoms. The summed E-state index contributed by atoms with van der Waals surface area (Å²) in [6, 6.07) is 13.7. The second kappa shape index (κ2) is 11.3. The summed E-state index contributed by atoms with van der Waals surface area (Å²) in [5, 5.41) is 0. The van der Waals surface area contributed by atoms with Crippen molar-refractivity contribution >= 4 is 11.0 Å². The highest BCUT2D eigenvalue weighted by atomic mass is 16.5. The van der Waals surface area contributed by atoms with Gasteiger partial charge in [0.15, 0.2) is 0 Å². The van der Waals surface area contributed by atoms with Gasteiger partial charge in [-0.2, -0.15) is 0 Å². The molecule has 0 aliphatic carbocycles. The fourth-order valence-electron chi connectivity index (χ4n) is 2.98. The minimum atomic E-state index is 0.402. The first kappa shape index (κ1) is 22.6. The van der Waals surface area contributed by atoms with Crippen LogP contribution in [0.1, 0.15) is 46.9 Å². The summed E-state index contributed by atoms with van der Waals surface area (Å²) < 4.78 is 19.3. The van der Waals surface area contributed by atoms with E-state index in [0.717, 1.165) is 53.7 Å². The Morgan fingerprint density at radius 2 is 1.69 bits per heavy atom. The summed E-state index contributed by atoms with van der Waals surface area (Å²) in [4.78, 5) is 4.80. The lowest BCUT2D eigenvalue weighted by molar-refractivity contribution is 0.285. The molecule has 0 unspecified atom stereocenters. The number of aromatic nitrogens is 2. The van der Waals surface area contributed by atoms with E-state index in [1.54, 1.807) is 7.11 Å². The van der Waals surface area contributed by atoms with Gasteiger partial charge in [-0.05, 0) is 36.6 Å². The van der Waals surface area contributed by atoms with Crippen molar-refractivity contribution in [2.24, 2.45) is 5.92 Å². The average molecular weight is 399 g/mol. The maximum Gasteiger partial charge on any atom is 0.148 e. The number of rotatable bonds is 9. The summed E-state index contributed by atoms with van der Waals surface area (Å²) >= 11 is 0. The van der Waals surface area contributed by atoms with E-state index >= 15 is 0 Å². The van der Waals surface area contributed by atoms with Gasteiger partial charge in [-0.1, -0.05) is 40.7 Å². The van der Waals surface area contributed by atoms with E-state index in [2.05, 4.69) is 31.4 Å². The van der Waals surface area contributed by atoms with E-state index in [9.17, 15) is 0 Å². The highest BCUT2D eigenvalue weighted by molar-refractivity contribution is 5.77. The molecule has 1 aromatic heterocycles. The first-order chi connectivity index (χ1) is 14.1. The Morgan fingerprint density at radius 3 is 2.38 bits per heavy atom. The van der Waals surface area contributed by atoms with Crippen LogP contribution in [0.15, 0.2) is 42.5 Å². The highest BCUT2D eigenvalue weighted by Gasteiger charge is 2.14. The van der Waals surface area contributed by atoms with Crippen LogP contribution < -0.4 is 14.2 Å². The van der Waals surface area contributed by atoms with Crippen molar-refractivity contribution in [3.8, 4) is 17.2 Å². The summed E-state index contributed by atoms with van der Waals surface area (Å²) in [6.45, 7) is 12.5. The zero-order chi connectivity index (χ0) is 21.2. The standard InChI is InChI=1S/C22H28N2O3.C2H6/c1-5-11-26-19-9-10-20-21(13-19)24(14-16(2)3)22(23-20)15-27-18-8-6-7-17(12-18)25-4;1-2/h6-10,12-13,16H,5,11,14-15H2,1-4H3;1-2H3. The van der Waals surface area contributed by atoms with Gasteiger partial charge >= 0.3 is 0 Å². The Bertz CT molecular complexity index is 887. The van der Waals surface area contributed by atoms with Gasteiger partial charge in [0.05, 0.1) is 24.8 Å². The number of hydrogen-bond donors (Lipinski definition) is 0. The third kappa shape index (κ3) is 6.14. The summed E-state index contributed by atoms with van der Waals surface area (Å²) in [7, 11) is 1.65. The topological polar surface area (TPSA) is 45.5 Å². The number of methoxy groups -OCH3 is 1. The molecule has 0 aliphatic heterocycles. The third-order valence-corrected chi connectivity index (χ3v) is 4.23. The molecule has 0 N–H and O–H groups in total. The predicted molar refractivity (Wildman–Crippen MR) is 119 cm³/mol. The van der Waals surface area contributed by atoms with Gasteiger partial charge in [-0.3, -0.25) is 0 Å². The minimum absolute atomic E-state index is 0.402. The SMILES string of the molecule is CC.CCCOc1ccc2nc(COc3cccc(OC)c3)n(CC(C)C)c2c1. The molecular formula is C24H34N2O3. The van der Waals surface area contributed by atoms with Crippen LogP contribution in [0.2, 0.25) is 0 Å². The number of benzene rings is 2. The summed E-state index contributed by atoms with van der Waals surface area (Å²) in [6.07, 6.45) is 0.989. The molecule has 158 valence electrons. The molecule has 3 aromatic rings. The smallest absolute Gasteiger partial charge is 0.148 e. The van der Waals surface area contributed by atoms with Crippen molar-refractivity contribution in [3.63, 3.8) is 0 Å². The molecule has 0 aliphatic rings. The largest absolute Gasteiger partial charge is 0.497 e. The van der Waals surface area contributed by atoms with Crippen molar-refractivity contribution in [1.29, 1.82) is 0 Å². The Kier molecular flexibility index (Phi) is 8.84. The molecule has 0 fully saturated rings. The van der Waals surface area contributed by atoms with Gasteiger partial charge in [-0.25, -0.2) is 4.98 Å². The normalized spacial score (nSPS) is 10.6. The monoisotopic (exact) mass is 398 g/mol. The van der Waals surface area contributed by atoms with Gasteiger partial charge in [0.25, 0.3) is 0 Å². The number of imidazole rings is 1. The quantitative estimate of drug-likeness (QED) is 0.437. The van der Waals surface area contributed by atoms with Crippen LogP contribution >= 0.6 is 0 Å². The van der Waals surface area contributed by atoms with Crippen LogP contribution in [0.5, 0.6) is 17.2 Å². The molecule has 5 heteroatoms. The first-order valence-corrected chi connectivity index (χ1v) is 10.5. The number of ether oxygens (including phenoxy) is 3. The Hall–Kier alpha value is -2.69. The van der Waals surface area contributed by atoms with Gasteiger partial charge in [0.1, 0.15) is 29.7 Å². The van der Waals surface area contributed by atoms with E-state index in [-0.39, 0.29) is 0 Å². The van der Waals surface area contributed by atoms with E-state index in [1.165, 1.54) is 0 Å². The van der Waals surface area contributed by atoms with E-state index in [0.29, 0.717) is 12.5 Å². The predicted octanol–water partition coefficient (Wildman–Crippen LogP) is 6.09. The van der Waals surface area contributed by atoms with Crippen LogP contribution in [0.3, 0.4) is 0 Å². The van der Waals surface area contributed by atoms with Gasteiger partial charge < -0.3 is 18.8 Å².